The molecule has 6 nitrogen and oxygen atoms in total. The molecule has 0 unspecified atom stereocenters. The molecule has 4 rings (SSSR count). The third-order valence-electron chi connectivity index (χ3n) is 4.97. The molecule has 30 heavy (non-hydrogen) atoms. The first-order chi connectivity index (χ1) is 14.2. The van der Waals surface area contributed by atoms with Gasteiger partial charge in [0.1, 0.15) is 5.82 Å². The molecule has 156 valence electrons. The Labute approximate surface area is 168 Å². The molecule has 0 aliphatic carbocycles. The van der Waals surface area contributed by atoms with Crippen LogP contribution in [0, 0.1) is 5.82 Å². The number of likely N-dealkylation sites (N-methyl/N-ethyl adjacent to an activating group) is 1. The number of rotatable bonds is 4. The average molecular weight is 420 g/mol. The molecule has 0 spiro atoms. The zero-order chi connectivity index (χ0) is 21.5. The Morgan fingerprint density at radius 2 is 1.87 bits per heavy atom. The highest BCUT2D eigenvalue weighted by atomic mass is 19.4. The number of halogens is 4. The van der Waals surface area contributed by atoms with Crippen molar-refractivity contribution in [3.05, 3.63) is 65.8 Å². The molecule has 0 radical (unpaired) electrons. The second-order valence-corrected chi connectivity index (χ2v) is 6.95. The van der Waals surface area contributed by atoms with E-state index in [1.807, 2.05) is 11.9 Å². The second kappa shape index (κ2) is 7.43. The van der Waals surface area contributed by atoms with Crippen LogP contribution in [0.3, 0.4) is 0 Å². The maximum atomic E-state index is 13.3. The monoisotopic (exact) mass is 420 g/mol. The van der Waals surface area contributed by atoms with Crippen molar-refractivity contribution in [2.75, 3.05) is 25.0 Å². The predicted molar refractivity (Wildman–Crippen MR) is 99.2 cm³/mol. The highest BCUT2D eigenvalue weighted by molar-refractivity contribution is 5.95. The van der Waals surface area contributed by atoms with Crippen LogP contribution in [0.25, 0.3) is 11.4 Å². The lowest BCUT2D eigenvalue weighted by atomic mass is 10.0. The highest BCUT2D eigenvalue weighted by Gasteiger charge is 2.38. The fourth-order valence-electron chi connectivity index (χ4n) is 3.18. The third-order valence-corrected chi connectivity index (χ3v) is 4.97. The Balaban J connectivity index is 1.38. The number of aromatic nitrogens is 2. The lowest BCUT2D eigenvalue weighted by Gasteiger charge is -2.45. The molecule has 2 aromatic carbocycles. The summed E-state index contributed by atoms with van der Waals surface area (Å²) in [5.74, 6) is -2.23. The van der Waals surface area contributed by atoms with Crippen molar-refractivity contribution >= 4 is 11.6 Å². The van der Waals surface area contributed by atoms with Crippen molar-refractivity contribution in [1.82, 2.24) is 15.0 Å². The van der Waals surface area contributed by atoms with Crippen molar-refractivity contribution < 1.29 is 26.9 Å². The van der Waals surface area contributed by atoms with E-state index in [1.165, 1.54) is 18.2 Å². The smallest absolute Gasteiger partial charge is 0.368 e. The van der Waals surface area contributed by atoms with Crippen molar-refractivity contribution in [3.8, 4) is 11.4 Å². The zero-order valence-electron chi connectivity index (χ0n) is 15.7. The van der Waals surface area contributed by atoms with E-state index in [2.05, 4.69) is 14.7 Å². The van der Waals surface area contributed by atoms with Crippen LogP contribution in [0.1, 0.15) is 16.2 Å². The van der Waals surface area contributed by atoms with Crippen LogP contribution >= 0.6 is 0 Å². The molecule has 1 aliphatic rings. The molecule has 10 heteroatoms. The number of alkyl halides is 3. The molecule has 3 aromatic rings. The lowest BCUT2D eigenvalue weighted by Crippen LogP contribution is -2.60. The van der Waals surface area contributed by atoms with Gasteiger partial charge in [-0.2, -0.15) is 18.2 Å². The number of carbonyl (C=O) groups is 1. The highest BCUT2D eigenvalue weighted by Crippen LogP contribution is 2.30. The standard InChI is InChI=1S/C20H16F4N4O2/c1-27(16-10-28(11-16)18(29)13-3-2-4-14(21)9-13)15-7-5-12(6-8-15)17-25-19(30-26-17)20(22,23)24/h2-9,16H,10-11H2,1H3. The normalized spacial score (nSPS) is 14.5. The van der Waals surface area contributed by atoms with Crippen molar-refractivity contribution in [2.45, 2.75) is 12.2 Å². The first-order valence-corrected chi connectivity index (χ1v) is 9.01. The quantitative estimate of drug-likeness (QED) is 0.600. The molecule has 2 heterocycles. The average Bonchev–Trinajstić information content (AvgIpc) is 3.17. The summed E-state index contributed by atoms with van der Waals surface area (Å²) in [6.07, 6.45) is -4.69. The molecular formula is C20H16F4N4O2. The summed E-state index contributed by atoms with van der Waals surface area (Å²) in [6, 6.07) is 12.3. The van der Waals surface area contributed by atoms with Crippen LogP contribution in [0.5, 0.6) is 0 Å². The van der Waals surface area contributed by atoms with E-state index in [-0.39, 0.29) is 17.8 Å². The third kappa shape index (κ3) is 3.85. The fraction of sp³-hybridized carbons (Fsp3) is 0.250. The Hall–Kier alpha value is -3.43. The minimum Gasteiger partial charge on any atom is -0.368 e. The Morgan fingerprint density at radius 3 is 2.47 bits per heavy atom. The molecule has 1 aromatic heterocycles. The number of hydrogen-bond donors (Lipinski definition) is 0. The summed E-state index contributed by atoms with van der Waals surface area (Å²) in [6.45, 7) is 0.959. The van der Waals surface area contributed by atoms with E-state index >= 15 is 0 Å². The molecule has 0 bridgehead atoms. The van der Waals surface area contributed by atoms with Gasteiger partial charge in [0.2, 0.25) is 5.82 Å². The maximum Gasteiger partial charge on any atom is 0.471 e. The van der Waals surface area contributed by atoms with E-state index in [4.69, 9.17) is 0 Å². The summed E-state index contributed by atoms with van der Waals surface area (Å²) in [5, 5.41) is 3.36. The van der Waals surface area contributed by atoms with Gasteiger partial charge in [-0.3, -0.25) is 4.79 Å². The largest absolute Gasteiger partial charge is 0.471 e. The molecule has 1 aliphatic heterocycles. The molecule has 1 fully saturated rings. The number of hydrogen-bond acceptors (Lipinski definition) is 5. The van der Waals surface area contributed by atoms with E-state index in [9.17, 15) is 22.4 Å². The lowest BCUT2D eigenvalue weighted by molar-refractivity contribution is -0.159. The van der Waals surface area contributed by atoms with Crippen LogP contribution < -0.4 is 4.90 Å². The number of carbonyl (C=O) groups excluding carboxylic acids is 1. The van der Waals surface area contributed by atoms with Crippen LogP contribution in [0.4, 0.5) is 23.2 Å². The van der Waals surface area contributed by atoms with Crippen LogP contribution in [0.15, 0.2) is 53.1 Å². The van der Waals surface area contributed by atoms with Crippen molar-refractivity contribution in [3.63, 3.8) is 0 Å². The zero-order valence-corrected chi connectivity index (χ0v) is 15.7. The Kier molecular flexibility index (Phi) is 4.92. The van der Waals surface area contributed by atoms with Crippen LogP contribution in [0.2, 0.25) is 0 Å². The van der Waals surface area contributed by atoms with Gasteiger partial charge < -0.3 is 14.3 Å². The van der Waals surface area contributed by atoms with Crippen LogP contribution in [-0.2, 0) is 6.18 Å². The maximum absolute atomic E-state index is 13.3. The Morgan fingerprint density at radius 1 is 1.17 bits per heavy atom. The molecule has 0 N–H and O–H groups in total. The van der Waals surface area contributed by atoms with E-state index in [0.29, 0.717) is 24.2 Å². The van der Waals surface area contributed by atoms with Gasteiger partial charge in [-0.25, -0.2) is 4.39 Å². The summed E-state index contributed by atoms with van der Waals surface area (Å²) in [4.78, 5) is 19.4. The van der Waals surface area contributed by atoms with Gasteiger partial charge in [-0.1, -0.05) is 11.2 Å². The topological polar surface area (TPSA) is 62.5 Å². The Bertz CT molecular complexity index is 1060. The number of anilines is 1. The second-order valence-electron chi connectivity index (χ2n) is 6.95. The summed E-state index contributed by atoms with van der Waals surface area (Å²) < 4.78 is 55.3. The molecular weight excluding hydrogens is 404 g/mol. The summed E-state index contributed by atoms with van der Waals surface area (Å²) >= 11 is 0. The van der Waals surface area contributed by atoms with Gasteiger partial charge in [-0.05, 0) is 42.5 Å². The van der Waals surface area contributed by atoms with E-state index < -0.39 is 17.9 Å². The summed E-state index contributed by atoms with van der Waals surface area (Å²) in [7, 11) is 1.86. The van der Waals surface area contributed by atoms with Gasteiger partial charge >= 0.3 is 12.1 Å². The van der Waals surface area contributed by atoms with Gasteiger partial charge in [0, 0.05) is 37.0 Å². The summed E-state index contributed by atoms with van der Waals surface area (Å²) in [5.41, 5.74) is 1.52. The first kappa shape index (κ1) is 19.9. The SMILES string of the molecule is CN(c1ccc(-c2noc(C(F)(F)F)n2)cc1)C1CN(C(=O)c2cccc(F)c2)C1. The van der Waals surface area contributed by atoms with Gasteiger partial charge in [0.05, 0.1) is 6.04 Å². The van der Waals surface area contributed by atoms with Crippen LogP contribution in [-0.4, -0.2) is 47.1 Å². The molecule has 1 saturated heterocycles. The number of amides is 1. The van der Waals surface area contributed by atoms with Gasteiger partial charge in [0.25, 0.3) is 5.91 Å². The fourth-order valence-corrected chi connectivity index (χ4v) is 3.18. The minimum atomic E-state index is -4.69. The minimum absolute atomic E-state index is 0.0652. The predicted octanol–water partition coefficient (Wildman–Crippen LogP) is 3.86. The number of benzene rings is 2. The molecule has 0 saturated carbocycles. The van der Waals surface area contributed by atoms with Crippen molar-refractivity contribution in [2.24, 2.45) is 0 Å². The first-order valence-electron chi connectivity index (χ1n) is 9.01. The van der Waals surface area contributed by atoms with E-state index in [1.54, 1.807) is 35.2 Å². The number of likely N-dealkylation sites (tertiary alicyclic amines) is 1. The molecule has 1 amide bonds. The van der Waals surface area contributed by atoms with Gasteiger partial charge in [-0.15, -0.1) is 0 Å². The molecule has 0 atom stereocenters. The van der Waals surface area contributed by atoms with E-state index in [0.717, 1.165) is 5.69 Å². The number of nitrogens with zero attached hydrogens (tertiary/aromatic N) is 4. The van der Waals surface area contributed by atoms with Gasteiger partial charge in [0.15, 0.2) is 0 Å². The van der Waals surface area contributed by atoms with Crippen molar-refractivity contribution in [1.29, 1.82) is 0 Å².